The summed E-state index contributed by atoms with van der Waals surface area (Å²) in [4.78, 5) is 8.16. The van der Waals surface area contributed by atoms with E-state index in [9.17, 15) is 4.39 Å². The number of nitrogens with one attached hydrogen (secondary N) is 3. The molecule has 3 aromatic heterocycles. The molecule has 224 valence electrons. The first-order chi connectivity index (χ1) is 21.0. The summed E-state index contributed by atoms with van der Waals surface area (Å²) in [6.45, 7) is 17.8. The minimum absolute atomic E-state index is 0.276. The van der Waals surface area contributed by atoms with Gasteiger partial charge in [0.05, 0.1) is 11.4 Å². The van der Waals surface area contributed by atoms with E-state index in [0.29, 0.717) is 5.65 Å². The lowest BCUT2D eigenvalue weighted by atomic mass is 9.97. The molecule has 1 aromatic carbocycles. The van der Waals surface area contributed by atoms with Crippen LogP contribution >= 0.6 is 0 Å². The van der Waals surface area contributed by atoms with Crippen molar-refractivity contribution in [3.05, 3.63) is 120 Å². The van der Waals surface area contributed by atoms with Crippen LogP contribution in [0.4, 0.5) is 4.39 Å². The van der Waals surface area contributed by atoms with Gasteiger partial charge in [0.2, 0.25) is 0 Å². The van der Waals surface area contributed by atoms with Crippen LogP contribution in [0.2, 0.25) is 0 Å². The second-order valence-electron chi connectivity index (χ2n) is 10.7. The molecule has 3 N–H and O–H groups in total. The molecule has 3 heterocycles. The number of rotatable bonds is 11. The zero-order valence-corrected chi connectivity index (χ0v) is 25.9. The topological polar surface area (TPSA) is 69.4 Å². The predicted molar refractivity (Wildman–Crippen MR) is 180 cm³/mol. The van der Waals surface area contributed by atoms with Gasteiger partial charge in [-0.1, -0.05) is 82.4 Å². The van der Waals surface area contributed by atoms with E-state index in [4.69, 9.17) is 0 Å². The van der Waals surface area contributed by atoms with Crippen molar-refractivity contribution in [2.24, 2.45) is 5.92 Å². The van der Waals surface area contributed by atoms with Crippen LogP contribution in [-0.4, -0.2) is 33.3 Å². The average molecular weight is 578 g/mol. The van der Waals surface area contributed by atoms with E-state index in [1.54, 1.807) is 12.1 Å². The largest absolute Gasteiger partial charge is 0.357 e. The summed E-state index contributed by atoms with van der Waals surface area (Å²) in [7, 11) is 0. The molecule has 1 fully saturated rings. The van der Waals surface area contributed by atoms with Gasteiger partial charge in [-0.05, 0) is 85.7 Å². The van der Waals surface area contributed by atoms with Crippen molar-refractivity contribution in [2.75, 3.05) is 13.1 Å². The van der Waals surface area contributed by atoms with Crippen LogP contribution in [0.3, 0.4) is 0 Å². The summed E-state index contributed by atoms with van der Waals surface area (Å²) < 4.78 is 14.0. The summed E-state index contributed by atoms with van der Waals surface area (Å²) in [5.74, 6) is 0.518. The second kappa shape index (κ2) is 15.3. The molecule has 6 heteroatoms. The maximum Gasteiger partial charge on any atom is 0.181 e. The monoisotopic (exact) mass is 577 g/mol. The van der Waals surface area contributed by atoms with Gasteiger partial charge in [-0.15, -0.1) is 0 Å². The highest BCUT2D eigenvalue weighted by atomic mass is 19.1. The Kier molecular flexibility index (Phi) is 11.2. The molecule has 0 spiro atoms. The number of hydrogen-bond donors (Lipinski definition) is 3. The van der Waals surface area contributed by atoms with Crippen molar-refractivity contribution in [3.63, 3.8) is 0 Å². The fourth-order valence-electron chi connectivity index (χ4n) is 5.70. The number of allylic oxidation sites excluding steroid dienone is 5. The van der Waals surface area contributed by atoms with Crippen molar-refractivity contribution >= 4 is 22.2 Å². The Morgan fingerprint density at radius 2 is 1.91 bits per heavy atom. The standard InChI is InChI=1S/C35H38FN5.C2H6/c1-5-11-30(27-14-10-15-29(36)17-27)31-19-33(39-23(31)4)34-32-18-28(22-38-35(32)41-40-34)26(7-3)16-24(6-2)20-37-21-25-12-8-9-13-25;1-2/h5-7,10-11,14-19,22,25,37,39H,1-2,8-9,12-13,20-21H2,3-4H3,(H,38,40,41);1-2H3/b24-16+,26-7+,30-11-;. The van der Waals surface area contributed by atoms with Gasteiger partial charge in [-0.25, -0.2) is 9.37 Å². The Hall–Kier alpha value is -4.29. The third-order valence-corrected chi connectivity index (χ3v) is 7.89. The minimum Gasteiger partial charge on any atom is -0.357 e. The van der Waals surface area contributed by atoms with Crippen LogP contribution in [0.1, 0.15) is 68.8 Å². The molecule has 0 atom stereocenters. The highest BCUT2D eigenvalue weighted by Crippen LogP contribution is 2.33. The van der Waals surface area contributed by atoms with Crippen molar-refractivity contribution in [1.29, 1.82) is 0 Å². The molecule has 0 bridgehead atoms. The lowest BCUT2D eigenvalue weighted by molar-refractivity contribution is 0.503. The Labute approximate surface area is 255 Å². The van der Waals surface area contributed by atoms with E-state index in [1.165, 1.54) is 37.8 Å². The number of fused-ring (bicyclic) bond motifs is 1. The number of halogens is 1. The van der Waals surface area contributed by atoms with Gasteiger partial charge in [0.15, 0.2) is 5.65 Å². The van der Waals surface area contributed by atoms with Gasteiger partial charge < -0.3 is 10.3 Å². The van der Waals surface area contributed by atoms with Crippen molar-refractivity contribution in [3.8, 4) is 11.4 Å². The van der Waals surface area contributed by atoms with E-state index < -0.39 is 0 Å². The number of aromatic nitrogens is 4. The van der Waals surface area contributed by atoms with Crippen molar-refractivity contribution in [1.82, 2.24) is 25.5 Å². The molecule has 5 rings (SSSR count). The Morgan fingerprint density at radius 3 is 2.60 bits per heavy atom. The third-order valence-electron chi connectivity index (χ3n) is 7.89. The van der Waals surface area contributed by atoms with Gasteiger partial charge in [-0.3, -0.25) is 5.10 Å². The molecule has 1 aliphatic carbocycles. The molecule has 0 unspecified atom stereocenters. The van der Waals surface area contributed by atoms with Crippen molar-refractivity contribution < 1.29 is 4.39 Å². The summed E-state index contributed by atoms with van der Waals surface area (Å²) in [6.07, 6.45) is 17.1. The highest BCUT2D eigenvalue weighted by Gasteiger charge is 2.17. The van der Waals surface area contributed by atoms with Gasteiger partial charge in [0, 0.05) is 34.9 Å². The van der Waals surface area contributed by atoms with Crippen molar-refractivity contribution in [2.45, 2.75) is 53.4 Å². The molecular weight excluding hydrogens is 533 g/mol. The quantitative estimate of drug-likeness (QED) is 0.156. The highest BCUT2D eigenvalue weighted by molar-refractivity contribution is 5.94. The molecule has 0 saturated heterocycles. The molecule has 1 aliphatic rings. The first kappa shape index (κ1) is 31.6. The number of H-pyrrole nitrogens is 2. The number of nitrogens with zero attached hydrogens (tertiary/aromatic N) is 2. The fourth-order valence-corrected chi connectivity index (χ4v) is 5.70. The molecule has 4 aromatic rings. The second-order valence-corrected chi connectivity index (χ2v) is 10.7. The summed E-state index contributed by atoms with van der Waals surface area (Å²) in [5.41, 5.74) is 9.21. The molecule has 1 saturated carbocycles. The minimum atomic E-state index is -0.276. The lowest BCUT2D eigenvalue weighted by Crippen LogP contribution is -2.23. The first-order valence-electron chi connectivity index (χ1n) is 15.3. The molecule has 0 radical (unpaired) electrons. The predicted octanol–water partition coefficient (Wildman–Crippen LogP) is 9.34. The Morgan fingerprint density at radius 1 is 1.12 bits per heavy atom. The molecule has 5 nitrogen and oxygen atoms in total. The molecule has 43 heavy (non-hydrogen) atoms. The van der Waals surface area contributed by atoms with Gasteiger partial charge in [-0.2, -0.15) is 5.10 Å². The number of hydrogen-bond acceptors (Lipinski definition) is 3. The lowest BCUT2D eigenvalue weighted by Gasteiger charge is -2.12. The van der Waals surface area contributed by atoms with Gasteiger partial charge >= 0.3 is 0 Å². The average Bonchev–Trinajstić information content (AvgIpc) is 3.79. The van der Waals surface area contributed by atoms with Crippen LogP contribution in [0.5, 0.6) is 0 Å². The van der Waals surface area contributed by atoms with E-state index in [2.05, 4.69) is 62.9 Å². The van der Waals surface area contributed by atoms with E-state index in [1.807, 2.05) is 52.1 Å². The zero-order valence-electron chi connectivity index (χ0n) is 25.9. The summed E-state index contributed by atoms with van der Waals surface area (Å²) in [5, 5.41) is 12.2. The fraction of sp³-hybridized carbons (Fsp3) is 0.297. The maximum atomic E-state index is 14.0. The Balaban J connectivity index is 0.00000207. The summed E-state index contributed by atoms with van der Waals surface area (Å²) >= 11 is 0. The van der Waals surface area contributed by atoms with Gasteiger partial charge in [0.1, 0.15) is 5.82 Å². The zero-order chi connectivity index (χ0) is 30.8. The summed E-state index contributed by atoms with van der Waals surface area (Å²) in [6, 6.07) is 10.8. The van der Waals surface area contributed by atoms with E-state index >= 15 is 0 Å². The third kappa shape index (κ3) is 7.57. The number of pyridine rings is 1. The normalized spacial score (nSPS) is 14.6. The van der Waals surface area contributed by atoms with Crippen LogP contribution in [0.25, 0.3) is 33.6 Å². The smallest absolute Gasteiger partial charge is 0.181 e. The van der Waals surface area contributed by atoms with E-state index in [0.717, 1.165) is 74.9 Å². The van der Waals surface area contributed by atoms with Crippen LogP contribution in [0, 0.1) is 18.7 Å². The van der Waals surface area contributed by atoms with Crippen LogP contribution < -0.4 is 5.32 Å². The number of aromatic amines is 2. The van der Waals surface area contributed by atoms with Gasteiger partial charge in [0.25, 0.3) is 0 Å². The number of benzene rings is 1. The Bertz CT molecular complexity index is 1640. The molecule has 0 amide bonds. The SMILES string of the molecule is C=C/C=C(/c1cccc(F)c1)c1cc(-c2[nH]nc3ncc(C(/C=C(\C=C)CNCC4CCCC4)=C/C)cc23)[nH]c1C.CC. The molecule has 0 aliphatic heterocycles. The van der Waals surface area contributed by atoms with Crippen LogP contribution in [0.15, 0.2) is 91.7 Å². The van der Waals surface area contributed by atoms with Crippen LogP contribution in [-0.2, 0) is 0 Å². The van der Waals surface area contributed by atoms with E-state index in [-0.39, 0.29) is 5.82 Å². The molecular formula is C37H44FN5. The first-order valence-corrected chi connectivity index (χ1v) is 15.3. The number of aryl methyl sites for hydroxylation is 1. The maximum absolute atomic E-state index is 14.0.